The summed E-state index contributed by atoms with van der Waals surface area (Å²) in [5.74, 6) is -0.0726. The molecule has 0 radical (unpaired) electrons. The van der Waals surface area contributed by atoms with E-state index in [1.165, 1.54) is 0 Å². The summed E-state index contributed by atoms with van der Waals surface area (Å²) >= 11 is 0. The molecule has 104 valence electrons. The Hall–Kier alpha value is -1.75. The van der Waals surface area contributed by atoms with Crippen LogP contribution in [0.15, 0.2) is 18.2 Å². The molecule has 0 bridgehead atoms. The highest BCUT2D eigenvalue weighted by Gasteiger charge is 2.30. The van der Waals surface area contributed by atoms with Crippen LogP contribution in [0.5, 0.6) is 0 Å². The number of ether oxygens (including phenoxy) is 1. The van der Waals surface area contributed by atoms with Gasteiger partial charge in [-0.1, -0.05) is 0 Å². The maximum atomic E-state index is 12.1. The minimum atomic E-state index is -0.0726. The Balaban J connectivity index is 1.98. The number of hydrogen-bond donors (Lipinski definition) is 2. The molecule has 5 nitrogen and oxygen atoms in total. The fourth-order valence-electron chi connectivity index (χ4n) is 2.25. The van der Waals surface area contributed by atoms with Crippen molar-refractivity contribution in [3.8, 4) is 0 Å². The molecule has 0 unspecified atom stereocenters. The summed E-state index contributed by atoms with van der Waals surface area (Å²) in [4.78, 5) is 14.0. The third-order valence-corrected chi connectivity index (χ3v) is 3.53. The van der Waals surface area contributed by atoms with Gasteiger partial charge in [-0.25, -0.2) is 0 Å². The van der Waals surface area contributed by atoms with Crippen LogP contribution in [0.2, 0.25) is 0 Å². The summed E-state index contributed by atoms with van der Waals surface area (Å²) in [6.07, 6.45) is 2.05. The van der Waals surface area contributed by atoms with E-state index >= 15 is 0 Å². The van der Waals surface area contributed by atoms with Crippen LogP contribution >= 0.6 is 0 Å². The fraction of sp³-hybridized carbons (Fsp3) is 0.500. The maximum absolute atomic E-state index is 12.1. The van der Waals surface area contributed by atoms with Crippen molar-refractivity contribution in [2.75, 3.05) is 31.8 Å². The fourth-order valence-corrected chi connectivity index (χ4v) is 2.25. The molecule has 1 aromatic rings. The molecule has 0 atom stereocenters. The molecule has 0 saturated heterocycles. The standard InChI is InChI=1S/C14H21N3O2/c1-17(2)13-5-4-9(6-12(13)15)14(18)16-10-7-11(8-10)19-3/h4-6,10-11H,7-8,15H2,1-3H3,(H,16,18). The average molecular weight is 263 g/mol. The van der Waals surface area contributed by atoms with Crippen LogP contribution in [0.3, 0.4) is 0 Å². The molecular weight excluding hydrogens is 242 g/mol. The summed E-state index contributed by atoms with van der Waals surface area (Å²) in [5, 5.41) is 2.98. The molecule has 5 heteroatoms. The van der Waals surface area contributed by atoms with Crippen molar-refractivity contribution >= 4 is 17.3 Å². The number of nitrogens with zero attached hydrogens (tertiary/aromatic N) is 1. The van der Waals surface area contributed by atoms with E-state index < -0.39 is 0 Å². The second-order valence-corrected chi connectivity index (χ2v) is 5.17. The molecule has 1 amide bonds. The topological polar surface area (TPSA) is 67.6 Å². The van der Waals surface area contributed by atoms with E-state index in [1.54, 1.807) is 19.2 Å². The largest absolute Gasteiger partial charge is 0.397 e. The lowest BCUT2D eigenvalue weighted by Gasteiger charge is -2.34. The number of hydrogen-bond acceptors (Lipinski definition) is 4. The Kier molecular flexibility index (Phi) is 3.95. The molecule has 0 spiro atoms. The minimum Gasteiger partial charge on any atom is -0.397 e. The SMILES string of the molecule is COC1CC(NC(=O)c2ccc(N(C)C)c(N)c2)C1. The zero-order chi connectivity index (χ0) is 14.0. The monoisotopic (exact) mass is 263 g/mol. The van der Waals surface area contributed by atoms with E-state index in [-0.39, 0.29) is 18.1 Å². The Morgan fingerprint density at radius 1 is 1.42 bits per heavy atom. The van der Waals surface area contributed by atoms with Crippen molar-refractivity contribution < 1.29 is 9.53 Å². The molecule has 3 N–H and O–H groups in total. The van der Waals surface area contributed by atoms with Crippen LogP contribution < -0.4 is 16.0 Å². The molecule has 1 aliphatic carbocycles. The van der Waals surface area contributed by atoms with Crippen molar-refractivity contribution in [2.24, 2.45) is 0 Å². The molecule has 19 heavy (non-hydrogen) atoms. The van der Waals surface area contributed by atoms with Crippen LogP contribution in [-0.2, 0) is 4.74 Å². The normalized spacial score (nSPS) is 21.6. The van der Waals surface area contributed by atoms with Gasteiger partial charge in [0.2, 0.25) is 0 Å². The molecule has 1 aliphatic rings. The molecule has 1 aromatic carbocycles. The van der Waals surface area contributed by atoms with Gasteiger partial charge in [-0.15, -0.1) is 0 Å². The number of nitrogen functional groups attached to an aromatic ring is 1. The Morgan fingerprint density at radius 3 is 2.63 bits per heavy atom. The minimum absolute atomic E-state index is 0.0726. The van der Waals surface area contributed by atoms with Gasteiger partial charge in [-0.3, -0.25) is 4.79 Å². The Morgan fingerprint density at radius 2 is 2.11 bits per heavy atom. The maximum Gasteiger partial charge on any atom is 0.251 e. The first kappa shape index (κ1) is 13.7. The summed E-state index contributed by atoms with van der Waals surface area (Å²) in [5.41, 5.74) is 8.07. The summed E-state index contributed by atoms with van der Waals surface area (Å²) < 4.78 is 5.19. The van der Waals surface area contributed by atoms with Crippen molar-refractivity contribution in [3.63, 3.8) is 0 Å². The van der Waals surface area contributed by atoms with Crippen molar-refractivity contribution in [1.82, 2.24) is 5.32 Å². The van der Waals surface area contributed by atoms with Crippen LogP contribution in [0.1, 0.15) is 23.2 Å². The van der Waals surface area contributed by atoms with Crippen LogP contribution in [0.25, 0.3) is 0 Å². The highest BCUT2D eigenvalue weighted by atomic mass is 16.5. The third kappa shape index (κ3) is 2.98. The van der Waals surface area contributed by atoms with Crippen LogP contribution in [0.4, 0.5) is 11.4 Å². The van der Waals surface area contributed by atoms with Gasteiger partial charge in [-0.2, -0.15) is 0 Å². The van der Waals surface area contributed by atoms with Crippen molar-refractivity contribution in [2.45, 2.75) is 25.0 Å². The van der Waals surface area contributed by atoms with Crippen molar-refractivity contribution in [1.29, 1.82) is 0 Å². The number of benzene rings is 1. The zero-order valence-electron chi connectivity index (χ0n) is 11.6. The molecule has 2 rings (SSSR count). The second-order valence-electron chi connectivity index (χ2n) is 5.17. The molecule has 0 heterocycles. The van der Waals surface area contributed by atoms with Gasteiger partial charge in [0.05, 0.1) is 17.5 Å². The number of nitrogens with two attached hydrogens (primary N) is 1. The second kappa shape index (κ2) is 5.48. The van der Waals surface area contributed by atoms with Gasteiger partial charge in [0, 0.05) is 32.8 Å². The number of carbonyl (C=O) groups is 1. The highest BCUT2D eigenvalue weighted by molar-refractivity contribution is 5.96. The number of amides is 1. The molecule has 0 aliphatic heterocycles. The summed E-state index contributed by atoms with van der Waals surface area (Å²) in [6, 6.07) is 5.60. The van der Waals surface area contributed by atoms with Gasteiger partial charge in [-0.05, 0) is 31.0 Å². The molecule has 0 aromatic heterocycles. The predicted molar refractivity (Wildman–Crippen MR) is 76.5 cm³/mol. The van der Waals surface area contributed by atoms with Gasteiger partial charge < -0.3 is 20.7 Å². The number of nitrogens with one attached hydrogen (secondary N) is 1. The van der Waals surface area contributed by atoms with E-state index in [2.05, 4.69) is 5.32 Å². The summed E-state index contributed by atoms with van der Waals surface area (Å²) in [6.45, 7) is 0. The summed E-state index contributed by atoms with van der Waals surface area (Å²) in [7, 11) is 5.54. The quantitative estimate of drug-likeness (QED) is 0.802. The van der Waals surface area contributed by atoms with Gasteiger partial charge in [0.25, 0.3) is 5.91 Å². The van der Waals surface area contributed by atoms with Crippen LogP contribution in [-0.4, -0.2) is 39.3 Å². The number of rotatable bonds is 4. The molecule has 1 fully saturated rings. The first-order valence-corrected chi connectivity index (χ1v) is 6.41. The number of anilines is 2. The van der Waals surface area contributed by atoms with Gasteiger partial charge >= 0.3 is 0 Å². The lowest BCUT2D eigenvalue weighted by atomic mass is 9.89. The highest BCUT2D eigenvalue weighted by Crippen LogP contribution is 2.25. The van der Waals surface area contributed by atoms with E-state index in [0.29, 0.717) is 11.3 Å². The van der Waals surface area contributed by atoms with Gasteiger partial charge in [0.1, 0.15) is 0 Å². The third-order valence-electron chi connectivity index (χ3n) is 3.53. The smallest absolute Gasteiger partial charge is 0.251 e. The lowest BCUT2D eigenvalue weighted by Crippen LogP contribution is -2.47. The van der Waals surface area contributed by atoms with E-state index in [1.807, 2.05) is 25.1 Å². The number of carbonyl (C=O) groups excluding carboxylic acids is 1. The molecule has 1 saturated carbocycles. The lowest BCUT2D eigenvalue weighted by molar-refractivity contribution is 0.0176. The average Bonchev–Trinajstić information content (AvgIpc) is 2.32. The van der Waals surface area contributed by atoms with E-state index in [9.17, 15) is 4.79 Å². The van der Waals surface area contributed by atoms with E-state index in [4.69, 9.17) is 10.5 Å². The first-order valence-electron chi connectivity index (χ1n) is 6.41. The first-order chi connectivity index (χ1) is 9.01. The number of methoxy groups -OCH3 is 1. The van der Waals surface area contributed by atoms with Crippen LogP contribution in [0, 0.1) is 0 Å². The molecular formula is C14H21N3O2. The van der Waals surface area contributed by atoms with Gasteiger partial charge in [0.15, 0.2) is 0 Å². The zero-order valence-corrected chi connectivity index (χ0v) is 11.6. The Bertz CT molecular complexity index is 468. The Labute approximate surface area is 113 Å². The van der Waals surface area contributed by atoms with Crippen molar-refractivity contribution in [3.05, 3.63) is 23.8 Å². The predicted octanol–water partition coefficient (Wildman–Crippen LogP) is 1.24. The van der Waals surface area contributed by atoms with E-state index in [0.717, 1.165) is 18.5 Å².